The lowest BCUT2D eigenvalue weighted by atomic mass is 9.95. The third-order valence-corrected chi connectivity index (χ3v) is 9.25. The molecular weight excluding hydrogens is 456 g/mol. The van der Waals surface area contributed by atoms with E-state index in [0.717, 1.165) is 54.0 Å². The number of aryl methyl sites for hydroxylation is 1. The van der Waals surface area contributed by atoms with Crippen molar-refractivity contribution >= 4 is 16.6 Å². The van der Waals surface area contributed by atoms with Gasteiger partial charge in [0.2, 0.25) is 0 Å². The zero-order chi connectivity index (χ0) is 24.0. The van der Waals surface area contributed by atoms with Gasteiger partial charge >= 0.3 is 5.97 Å². The van der Waals surface area contributed by atoms with Gasteiger partial charge in [0.1, 0.15) is 6.61 Å². The highest BCUT2D eigenvalue weighted by Crippen LogP contribution is 2.55. The fourth-order valence-corrected chi connectivity index (χ4v) is 6.85. The molecule has 2 atom stereocenters. The minimum atomic E-state index is -2.66. The first-order chi connectivity index (χ1) is 16.2. The fraction of sp³-hybridized carbons (Fsp3) is 0.480. The van der Waals surface area contributed by atoms with E-state index in [1.807, 2.05) is 19.1 Å². The van der Waals surface area contributed by atoms with Gasteiger partial charge in [-0.3, -0.25) is 18.9 Å². The number of aliphatic hydroxyl groups excluding tert-OH is 2. The normalized spacial score (nSPS) is 22.7. The van der Waals surface area contributed by atoms with Crippen molar-refractivity contribution in [3.05, 3.63) is 63.7 Å². The van der Waals surface area contributed by atoms with Gasteiger partial charge < -0.3 is 14.9 Å². The van der Waals surface area contributed by atoms with Crippen molar-refractivity contribution < 1.29 is 28.8 Å². The van der Waals surface area contributed by atoms with Crippen molar-refractivity contribution in [1.29, 1.82) is 0 Å². The quantitative estimate of drug-likeness (QED) is 0.459. The number of fused-ring (bicyclic) bond motifs is 2. The molecule has 0 saturated carbocycles. The molecule has 2 aromatic carbocycles. The monoisotopic (exact) mass is 488 g/mol. The summed E-state index contributed by atoms with van der Waals surface area (Å²) in [6, 6.07) is 9.03. The zero-order valence-corrected chi connectivity index (χ0v) is 20.1. The van der Waals surface area contributed by atoms with Gasteiger partial charge in [-0.15, -0.1) is 0 Å². The topological polar surface area (TPSA) is 114 Å². The number of benzene rings is 2. The van der Waals surface area contributed by atoms with Crippen LogP contribution in [-0.4, -0.2) is 80.1 Å². The maximum absolute atomic E-state index is 11.8. The summed E-state index contributed by atoms with van der Waals surface area (Å²) < 4.78 is 25.3. The molecule has 184 valence electrons. The molecule has 0 spiro atoms. The van der Waals surface area contributed by atoms with Crippen LogP contribution >= 0.6 is 10.6 Å². The number of carbonyl (C=O) groups excluding carboxylic acids is 1. The Bertz CT molecular complexity index is 1100. The van der Waals surface area contributed by atoms with Crippen molar-refractivity contribution in [3.8, 4) is 0 Å². The lowest BCUT2D eigenvalue weighted by molar-refractivity contribution is 0.0480. The van der Waals surface area contributed by atoms with Crippen LogP contribution in [0.4, 0.5) is 0 Å². The number of nitrogens with zero attached hydrogens (tertiary/aromatic N) is 2. The van der Waals surface area contributed by atoms with Crippen LogP contribution < -0.4 is 0 Å². The minimum absolute atomic E-state index is 0.272. The Hall–Kier alpha value is -1.98. The summed E-state index contributed by atoms with van der Waals surface area (Å²) in [7, 11) is -2.66. The molecule has 0 unspecified atom stereocenters. The lowest BCUT2D eigenvalue weighted by Crippen LogP contribution is -2.48. The number of hydrogen-bond donors (Lipinski definition) is 4. The van der Waals surface area contributed by atoms with Gasteiger partial charge in [0.05, 0.1) is 22.7 Å². The molecule has 1 fully saturated rings. The molecule has 0 aromatic heterocycles. The van der Waals surface area contributed by atoms with Crippen LogP contribution in [-0.2, 0) is 17.8 Å². The van der Waals surface area contributed by atoms with Crippen LogP contribution in [0.3, 0.4) is 0 Å². The van der Waals surface area contributed by atoms with Crippen molar-refractivity contribution in [2.75, 3.05) is 45.0 Å². The van der Waals surface area contributed by atoms with E-state index in [1.165, 1.54) is 0 Å². The van der Waals surface area contributed by atoms with Crippen LogP contribution in [0.25, 0.3) is 0 Å². The lowest BCUT2D eigenvalue weighted by Gasteiger charge is -2.36. The van der Waals surface area contributed by atoms with Crippen LogP contribution in [0.2, 0.25) is 0 Å². The van der Waals surface area contributed by atoms with E-state index in [1.54, 1.807) is 18.2 Å². The van der Waals surface area contributed by atoms with Gasteiger partial charge in [0, 0.05) is 50.6 Å². The maximum Gasteiger partial charge on any atom is 0.338 e. The van der Waals surface area contributed by atoms with E-state index in [2.05, 4.69) is 9.80 Å². The maximum atomic E-state index is 11.8. The van der Waals surface area contributed by atoms with E-state index < -0.39 is 22.8 Å². The molecule has 2 aromatic rings. The smallest absolute Gasteiger partial charge is 0.338 e. The molecule has 4 N–H and O–H groups in total. The molecule has 3 aliphatic heterocycles. The van der Waals surface area contributed by atoms with Crippen molar-refractivity contribution in [2.24, 2.45) is 0 Å². The largest absolute Gasteiger partial charge is 0.457 e. The average molecular weight is 489 g/mol. The highest BCUT2D eigenvalue weighted by atomic mass is 32.3. The highest BCUT2D eigenvalue weighted by molar-refractivity contribution is 8.24. The Morgan fingerprint density at radius 2 is 1.68 bits per heavy atom. The van der Waals surface area contributed by atoms with Crippen molar-refractivity contribution in [3.63, 3.8) is 0 Å². The first kappa shape index (κ1) is 23.7. The number of aliphatic hydroxyl groups is 2. The number of esters is 1. The minimum Gasteiger partial charge on any atom is -0.457 e. The van der Waals surface area contributed by atoms with E-state index in [-0.39, 0.29) is 12.6 Å². The number of hydrogen-bond acceptors (Lipinski definition) is 8. The predicted octanol–water partition coefficient (Wildman–Crippen LogP) is 2.72. The molecule has 0 aliphatic carbocycles. The summed E-state index contributed by atoms with van der Waals surface area (Å²) in [4.78, 5) is 16.8. The Kier molecular flexibility index (Phi) is 6.45. The fourth-order valence-electron chi connectivity index (χ4n) is 5.26. The van der Waals surface area contributed by atoms with Gasteiger partial charge in [-0.1, -0.05) is 18.2 Å². The molecule has 3 aliphatic rings. The summed E-state index contributed by atoms with van der Waals surface area (Å²) in [6.07, 6.45) is -0.646. The Morgan fingerprint density at radius 1 is 1.00 bits per heavy atom. The first-order valence-electron chi connectivity index (χ1n) is 11.7. The molecule has 0 radical (unpaired) electrons. The number of β-amino-alcohol motifs (C(OH)–C–C–N with tert-alkyl or cyclic N) is 2. The summed E-state index contributed by atoms with van der Waals surface area (Å²) in [5.74, 6) is 0.0698. The molecular formula is C25H32N2O6S. The van der Waals surface area contributed by atoms with Crippen LogP contribution in [0.5, 0.6) is 0 Å². The molecule has 1 saturated heterocycles. The number of rotatable bonds is 6. The third-order valence-electron chi connectivity index (χ3n) is 7.37. The summed E-state index contributed by atoms with van der Waals surface area (Å²) >= 11 is 0. The number of carbonyl (C=O) groups is 1. The molecule has 8 nitrogen and oxygen atoms in total. The van der Waals surface area contributed by atoms with Gasteiger partial charge in [0.15, 0.2) is 0 Å². The van der Waals surface area contributed by atoms with E-state index >= 15 is 0 Å². The molecule has 5 rings (SSSR count). The Labute approximate surface area is 201 Å². The van der Waals surface area contributed by atoms with Crippen LogP contribution in [0.15, 0.2) is 35.2 Å². The molecule has 0 amide bonds. The van der Waals surface area contributed by atoms with Gasteiger partial charge in [-0.05, 0) is 47.7 Å². The second-order valence-electron chi connectivity index (χ2n) is 9.50. The molecule has 0 bridgehead atoms. The van der Waals surface area contributed by atoms with Crippen molar-refractivity contribution in [2.45, 2.75) is 37.1 Å². The zero-order valence-electron chi connectivity index (χ0n) is 19.3. The Balaban J connectivity index is 1.14. The van der Waals surface area contributed by atoms with Gasteiger partial charge in [0.25, 0.3) is 0 Å². The molecule has 3 heterocycles. The first-order valence-corrected chi connectivity index (χ1v) is 13.4. The van der Waals surface area contributed by atoms with Gasteiger partial charge in [-0.25, -0.2) is 4.79 Å². The SMILES string of the molecule is Cc1c([C@@H](O)CN2CCN(C[C@H](O)c3ccc4c(c3)CCS4(O)O)CC2)ccc2c1COC2=O. The van der Waals surface area contributed by atoms with E-state index in [4.69, 9.17) is 4.74 Å². The van der Waals surface area contributed by atoms with Crippen molar-refractivity contribution in [1.82, 2.24) is 9.80 Å². The average Bonchev–Trinajstić information content (AvgIpc) is 3.34. The second-order valence-corrected chi connectivity index (χ2v) is 11.7. The van der Waals surface area contributed by atoms with Gasteiger partial charge in [-0.2, -0.15) is 10.6 Å². The third kappa shape index (κ3) is 4.49. The van der Waals surface area contributed by atoms with E-state index in [9.17, 15) is 24.1 Å². The highest BCUT2D eigenvalue weighted by Gasteiger charge is 2.29. The Morgan fingerprint density at radius 3 is 2.38 bits per heavy atom. The second kappa shape index (κ2) is 9.23. The number of cyclic esters (lactones) is 1. The number of ether oxygens (including phenoxy) is 1. The standard InChI is InChI=1S/C25H32N2O6S/c1-16-19(3-4-20-21(16)15-33-25(20)30)23(29)14-27-9-7-26(8-10-27)13-22(28)17-2-5-24-18(12-17)6-11-34(24,31)32/h2-5,12,22-23,28-29,31-32H,6-11,13-15H2,1H3/t22-,23-/m0/s1. The van der Waals surface area contributed by atoms with E-state index in [0.29, 0.717) is 35.7 Å². The molecule has 34 heavy (non-hydrogen) atoms. The molecule has 9 heteroatoms. The number of piperazine rings is 1. The predicted molar refractivity (Wildman–Crippen MR) is 129 cm³/mol. The summed E-state index contributed by atoms with van der Waals surface area (Å²) in [5.41, 5.74) is 4.96. The summed E-state index contributed by atoms with van der Waals surface area (Å²) in [5, 5.41) is 21.6. The van der Waals surface area contributed by atoms with Crippen LogP contribution in [0, 0.1) is 6.92 Å². The summed E-state index contributed by atoms with van der Waals surface area (Å²) in [6.45, 7) is 6.40. The van der Waals surface area contributed by atoms with Crippen LogP contribution in [0.1, 0.15) is 50.4 Å².